The predicted octanol–water partition coefficient (Wildman–Crippen LogP) is 3.37. The summed E-state index contributed by atoms with van der Waals surface area (Å²) >= 11 is 12.1. The summed E-state index contributed by atoms with van der Waals surface area (Å²) in [5.74, 6) is 0.402. The number of aromatic nitrogens is 2. The molecule has 0 spiro atoms. The van der Waals surface area contributed by atoms with E-state index in [1.807, 2.05) is 12.1 Å². The molecule has 0 radical (unpaired) electrons. The largest absolute Gasteiger partial charge is 0.338 e. The summed E-state index contributed by atoms with van der Waals surface area (Å²) in [6.07, 6.45) is 0.942. The molecule has 20 heavy (non-hydrogen) atoms. The molecule has 3 rings (SSSR count). The van der Waals surface area contributed by atoms with Crippen molar-refractivity contribution in [3.8, 4) is 0 Å². The van der Waals surface area contributed by atoms with E-state index in [4.69, 9.17) is 28.9 Å². The molecule has 1 aliphatic rings. The number of fused-ring (bicyclic) bond motifs is 1. The second-order valence-corrected chi connectivity index (χ2v) is 5.53. The first-order chi connectivity index (χ1) is 9.70. The lowest BCUT2D eigenvalue weighted by molar-refractivity contribution is 0.668. The second-order valence-electron chi connectivity index (χ2n) is 4.79. The van der Waals surface area contributed by atoms with Crippen LogP contribution in [0.2, 0.25) is 10.3 Å². The van der Waals surface area contributed by atoms with Gasteiger partial charge in [0.2, 0.25) is 0 Å². The van der Waals surface area contributed by atoms with Crippen molar-refractivity contribution >= 4 is 34.6 Å². The van der Waals surface area contributed by atoms with E-state index >= 15 is 0 Å². The maximum absolute atomic E-state index is 6.17. The molecule has 2 N–H and O–H groups in total. The molecule has 1 atom stereocenters. The van der Waals surface area contributed by atoms with Crippen LogP contribution in [-0.2, 0) is 0 Å². The van der Waals surface area contributed by atoms with E-state index in [1.54, 1.807) is 6.07 Å². The van der Waals surface area contributed by atoms with Crippen LogP contribution in [0.3, 0.4) is 0 Å². The van der Waals surface area contributed by atoms with Gasteiger partial charge in [-0.05, 0) is 24.6 Å². The highest BCUT2D eigenvalue weighted by Crippen LogP contribution is 2.43. The van der Waals surface area contributed by atoms with Crippen LogP contribution in [0.25, 0.3) is 0 Å². The molecule has 0 saturated heterocycles. The highest BCUT2D eigenvalue weighted by Gasteiger charge is 2.30. The van der Waals surface area contributed by atoms with Gasteiger partial charge in [0.05, 0.1) is 5.69 Å². The van der Waals surface area contributed by atoms with Crippen molar-refractivity contribution in [1.82, 2.24) is 10.2 Å². The summed E-state index contributed by atoms with van der Waals surface area (Å²) in [5.41, 5.74) is 8.94. The van der Waals surface area contributed by atoms with E-state index < -0.39 is 0 Å². The van der Waals surface area contributed by atoms with Crippen LogP contribution >= 0.6 is 23.2 Å². The number of nitrogens with two attached hydrogens (primary N) is 1. The summed E-state index contributed by atoms with van der Waals surface area (Å²) in [5, 5.41) is 8.34. The third-order valence-corrected chi connectivity index (χ3v) is 4.03. The van der Waals surface area contributed by atoms with E-state index in [2.05, 4.69) is 27.2 Å². The fourth-order valence-electron chi connectivity index (χ4n) is 2.71. The van der Waals surface area contributed by atoms with Crippen LogP contribution in [-0.4, -0.2) is 23.3 Å². The molecule has 1 aliphatic heterocycles. The number of hydrogen-bond donors (Lipinski definition) is 1. The quantitative estimate of drug-likeness (QED) is 0.944. The molecule has 2 heterocycles. The summed E-state index contributed by atoms with van der Waals surface area (Å²) in [6.45, 7) is 1.49. The van der Waals surface area contributed by atoms with Crippen LogP contribution in [0.15, 0.2) is 30.3 Å². The van der Waals surface area contributed by atoms with Gasteiger partial charge < -0.3 is 10.6 Å². The topological polar surface area (TPSA) is 55.0 Å². The number of para-hydroxylation sites is 1. The Morgan fingerprint density at radius 3 is 2.80 bits per heavy atom. The Bertz CT molecular complexity index is 632. The maximum Gasteiger partial charge on any atom is 0.175 e. The number of nitrogens with zero attached hydrogens (tertiary/aromatic N) is 3. The van der Waals surface area contributed by atoms with Gasteiger partial charge >= 0.3 is 0 Å². The van der Waals surface area contributed by atoms with E-state index in [0.717, 1.165) is 24.3 Å². The number of hydrogen-bond acceptors (Lipinski definition) is 4. The Balaban J connectivity index is 2.05. The molecular weight excluding hydrogens is 295 g/mol. The van der Waals surface area contributed by atoms with Gasteiger partial charge in [-0.15, -0.1) is 10.2 Å². The number of rotatable bonds is 3. The van der Waals surface area contributed by atoms with Gasteiger partial charge in [-0.2, -0.15) is 0 Å². The first-order valence-corrected chi connectivity index (χ1v) is 7.21. The standard InChI is InChI=1S/C14H14Cl2N4/c15-13-7-12(14(16)19-18-13)20-8-9(5-6-17)10-3-1-2-4-11(10)20/h1-4,7,9H,5-6,8,17H2. The van der Waals surface area contributed by atoms with Crippen LogP contribution in [0, 0.1) is 0 Å². The second kappa shape index (κ2) is 5.56. The van der Waals surface area contributed by atoms with Crippen LogP contribution in [0.1, 0.15) is 17.9 Å². The highest BCUT2D eigenvalue weighted by molar-refractivity contribution is 6.33. The normalized spacial score (nSPS) is 17.4. The Morgan fingerprint density at radius 1 is 1.20 bits per heavy atom. The molecule has 2 aromatic rings. The fraction of sp³-hybridized carbons (Fsp3) is 0.286. The first kappa shape index (κ1) is 13.6. The number of halogens is 2. The SMILES string of the molecule is NCCC1CN(c2cc(Cl)nnc2Cl)c2ccccc21. The molecule has 0 bridgehead atoms. The molecule has 1 aromatic carbocycles. The maximum atomic E-state index is 6.17. The van der Waals surface area contributed by atoms with E-state index in [1.165, 1.54) is 5.56 Å². The third kappa shape index (κ3) is 2.35. The van der Waals surface area contributed by atoms with Gasteiger partial charge in [0.25, 0.3) is 0 Å². The van der Waals surface area contributed by atoms with Crippen LogP contribution < -0.4 is 10.6 Å². The first-order valence-electron chi connectivity index (χ1n) is 6.46. The molecule has 4 nitrogen and oxygen atoms in total. The minimum absolute atomic E-state index is 0.337. The zero-order valence-electron chi connectivity index (χ0n) is 10.8. The van der Waals surface area contributed by atoms with E-state index in [-0.39, 0.29) is 0 Å². The summed E-state index contributed by atoms with van der Waals surface area (Å²) in [7, 11) is 0. The zero-order chi connectivity index (χ0) is 14.1. The van der Waals surface area contributed by atoms with E-state index in [0.29, 0.717) is 22.8 Å². The monoisotopic (exact) mass is 308 g/mol. The van der Waals surface area contributed by atoms with Gasteiger partial charge in [0, 0.05) is 24.2 Å². The molecule has 0 aliphatic carbocycles. The lowest BCUT2D eigenvalue weighted by atomic mass is 9.98. The molecule has 6 heteroatoms. The molecule has 1 unspecified atom stereocenters. The van der Waals surface area contributed by atoms with Crippen LogP contribution in [0.5, 0.6) is 0 Å². The minimum atomic E-state index is 0.337. The number of anilines is 2. The summed E-state index contributed by atoms with van der Waals surface area (Å²) < 4.78 is 0. The third-order valence-electron chi connectivity index (χ3n) is 3.58. The van der Waals surface area contributed by atoms with Crippen LogP contribution in [0.4, 0.5) is 11.4 Å². The van der Waals surface area contributed by atoms with Gasteiger partial charge in [0.15, 0.2) is 10.3 Å². The Labute approximate surface area is 127 Å². The molecule has 104 valence electrons. The van der Waals surface area contributed by atoms with Gasteiger partial charge in [0.1, 0.15) is 0 Å². The lowest BCUT2D eigenvalue weighted by Gasteiger charge is -2.20. The summed E-state index contributed by atoms with van der Waals surface area (Å²) in [6, 6.07) is 10.0. The van der Waals surface area contributed by atoms with Crippen molar-refractivity contribution in [2.24, 2.45) is 5.73 Å². The zero-order valence-corrected chi connectivity index (χ0v) is 12.3. The van der Waals surface area contributed by atoms with Crippen molar-refractivity contribution in [3.05, 3.63) is 46.2 Å². The highest BCUT2D eigenvalue weighted by atomic mass is 35.5. The molecule has 0 fully saturated rings. The Kier molecular flexibility index (Phi) is 3.78. The fourth-order valence-corrected chi connectivity index (χ4v) is 3.04. The smallest absolute Gasteiger partial charge is 0.175 e. The Hall–Kier alpha value is -1.36. The van der Waals surface area contributed by atoms with Crippen molar-refractivity contribution in [1.29, 1.82) is 0 Å². The van der Waals surface area contributed by atoms with Gasteiger partial charge in [-0.1, -0.05) is 41.4 Å². The minimum Gasteiger partial charge on any atom is -0.338 e. The average Bonchev–Trinajstić information content (AvgIpc) is 2.81. The predicted molar refractivity (Wildman–Crippen MR) is 81.9 cm³/mol. The number of benzene rings is 1. The van der Waals surface area contributed by atoms with E-state index in [9.17, 15) is 0 Å². The Morgan fingerprint density at radius 2 is 2.00 bits per heavy atom. The van der Waals surface area contributed by atoms with Gasteiger partial charge in [-0.3, -0.25) is 0 Å². The van der Waals surface area contributed by atoms with Crippen molar-refractivity contribution in [2.45, 2.75) is 12.3 Å². The van der Waals surface area contributed by atoms with Gasteiger partial charge in [-0.25, -0.2) is 0 Å². The summed E-state index contributed by atoms with van der Waals surface area (Å²) in [4.78, 5) is 2.14. The lowest BCUT2D eigenvalue weighted by Crippen LogP contribution is -2.18. The molecule has 1 aromatic heterocycles. The molecule has 0 saturated carbocycles. The molecule has 0 amide bonds. The van der Waals surface area contributed by atoms with Crippen molar-refractivity contribution < 1.29 is 0 Å². The molecular formula is C14H14Cl2N4. The van der Waals surface area contributed by atoms with Crippen molar-refractivity contribution in [3.63, 3.8) is 0 Å². The van der Waals surface area contributed by atoms with Crippen molar-refractivity contribution in [2.75, 3.05) is 18.0 Å². The average molecular weight is 309 g/mol.